The molecule has 1 saturated carbocycles. The topological polar surface area (TPSA) is 50.5 Å². The molecule has 0 amide bonds. The zero-order valence-electron chi connectivity index (χ0n) is 9.33. The van der Waals surface area contributed by atoms with Crippen LogP contribution < -0.4 is 11.1 Å². The van der Waals surface area contributed by atoms with Gasteiger partial charge in [-0.1, -0.05) is 0 Å². The van der Waals surface area contributed by atoms with E-state index in [-0.39, 0.29) is 0 Å². The minimum absolute atomic E-state index is 0.433. The van der Waals surface area contributed by atoms with E-state index < -0.39 is 0 Å². The Bertz CT molecular complexity index is 146. The maximum Gasteiger partial charge on any atom is 0.0593 e. The molecule has 4 heteroatoms. The van der Waals surface area contributed by atoms with Gasteiger partial charge < -0.3 is 20.7 Å². The van der Waals surface area contributed by atoms with Gasteiger partial charge in [-0.2, -0.15) is 0 Å². The maximum absolute atomic E-state index is 5.68. The quantitative estimate of drug-likeness (QED) is 0.553. The summed E-state index contributed by atoms with van der Waals surface area (Å²) < 4.78 is 5.45. The maximum atomic E-state index is 5.68. The van der Waals surface area contributed by atoms with Crippen LogP contribution in [-0.2, 0) is 4.74 Å². The van der Waals surface area contributed by atoms with Crippen molar-refractivity contribution in [3.8, 4) is 0 Å². The molecule has 3 N–H and O–H groups in total. The first-order chi connectivity index (χ1) is 6.68. The Labute approximate surface area is 86.8 Å². The van der Waals surface area contributed by atoms with Crippen LogP contribution in [0, 0.1) is 0 Å². The Hall–Kier alpha value is -0.160. The van der Waals surface area contributed by atoms with Gasteiger partial charge in [0, 0.05) is 25.2 Å². The third-order valence-electron chi connectivity index (χ3n) is 2.54. The summed E-state index contributed by atoms with van der Waals surface area (Å²) in [7, 11) is 4.11. The molecule has 0 heterocycles. The average molecular weight is 201 g/mol. The van der Waals surface area contributed by atoms with Crippen molar-refractivity contribution in [2.75, 3.05) is 40.4 Å². The number of nitrogens with two attached hydrogens (primary N) is 1. The standard InChI is InChI=1S/C10H23N3O/c1-13(2)4-6-14-5-3-12-10-7-9(11)8-10/h9-10,12H,3-8,11H2,1-2H3. The summed E-state index contributed by atoms with van der Waals surface area (Å²) >= 11 is 0. The van der Waals surface area contributed by atoms with E-state index in [1.54, 1.807) is 0 Å². The number of hydrogen-bond acceptors (Lipinski definition) is 4. The summed E-state index contributed by atoms with van der Waals surface area (Å²) in [5.74, 6) is 0. The molecule has 1 aliphatic carbocycles. The smallest absolute Gasteiger partial charge is 0.0593 e. The molecule has 0 aromatic rings. The third kappa shape index (κ3) is 4.91. The van der Waals surface area contributed by atoms with E-state index in [1.165, 1.54) is 0 Å². The molecule has 4 nitrogen and oxygen atoms in total. The van der Waals surface area contributed by atoms with Gasteiger partial charge in [0.25, 0.3) is 0 Å². The zero-order chi connectivity index (χ0) is 10.4. The number of hydrogen-bond donors (Lipinski definition) is 2. The van der Waals surface area contributed by atoms with Gasteiger partial charge in [-0.25, -0.2) is 0 Å². The SMILES string of the molecule is CN(C)CCOCCNC1CC(N)C1. The fourth-order valence-electron chi connectivity index (χ4n) is 1.51. The van der Waals surface area contributed by atoms with Crippen molar-refractivity contribution in [1.82, 2.24) is 10.2 Å². The molecule has 0 aliphatic heterocycles. The van der Waals surface area contributed by atoms with E-state index >= 15 is 0 Å². The second-order valence-corrected chi connectivity index (χ2v) is 4.30. The van der Waals surface area contributed by atoms with Gasteiger partial charge in [0.1, 0.15) is 0 Å². The van der Waals surface area contributed by atoms with Gasteiger partial charge in [0.05, 0.1) is 13.2 Å². The lowest BCUT2D eigenvalue weighted by Crippen LogP contribution is -2.49. The van der Waals surface area contributed by atoms with Crippen LogP contribution in [-0.4, -0.2) is 57.4 Å². The monoisotopic (exact) mass is 201 g/mol. The molecule has 0 bridgehead atoms. The van der Waals surface area contributed by atoms with Crippen LogP contribution in [0.2, 0.25) is 0 Å². The van der Waals surface area contributed by atoms with Gasteiger partial charge in [0.2, 0.25) is 0 Å². The van der Waals surface area contributed by atoms with E-state index in [1.807, 2.05) is 0 Å². The number of likely N-dealkylation sites (N-methyl/N-ethyl adjacent to an activating group) is 1. The van der Waals surface area contributed by atoms with E-state index in [4.69, 9.17) is 10.5 Å². The summed E-state index contributed by atoms with van der Waals surface area (Å²) in [4.78, 5) is 2.12. The Balaban J connectivity index is 1.76. The molecule has 1 fully saturated rings. The first-order valence-electron chi connectivity index (χ1n) is 5.40. The van der Waals surface area contributed by atoms with Crippen LogP contribution in [0.4, 0.5) is 0 Å². The molecule has 84 valence electrons. The predicted molar refractivity (Wildman–Crippen MR) is 58.4 cm³/mol. The highest BCUT2D eigenvalue weighted by Gasteiger charge is 2.24. The Morgan fingerprint density at radius 2 is 2.07 bits per heavy atom. The number of nitrogens with zero attached hydrogens (tertiary/aromatic N) is 1. The molecule has 0 aromatic heterocycles. The molecule has 0 spiro atoms. The van der Waals surface area contributed by atoms with Crippen molar-refractivity contribution in [3.05, 3.63) is 0 Å². The van der Waals surface area contributed by atoms with Crippen LogP contribution >= 0.6 is 0 Å². The van der Waals surface area contributed by atoms with Crippen molar-refractivity contribution in [2.24, 2.45) is 5.73 Å². The molecule has 0 unspecified atom stereocenters. The molecule has 1 aliphatic rings. The first kappa shape index (κ1) is 11.9. The summed E-state index contributed by atoms with van der Waals surface area (Å²) in [6.45, 7) is 3.57. The summed E-state index contributed by atoms with van der Waals surface area (Å²) in [6, 6.07) is 1.07. The van der Waals surface area contributed by atoms with E-state index in [9.17, 15) is 0 Å². The molecular formula is C10H23N3O. The summed E-state index contributed by atoms with van der Waals surface area (Å²) in [6.07, 6.45) is 2.25. The van der Waals surface area contributed by atoms with Gasteiger partial charge >= 0.3 is 0 Å². The molecule has 0 saturated heterocycles. The van der Waals surface area contributed by atoms with Gasteiger partial charge in [-0.05, 0) is 26.9 Å². The van der Waals surface area contributed by atoms with Crippen LogP contribution in [0.1, 0.15) is 12.8 Å². The van der Waals surface area contributed by atoms with Crippen LogP contribution in [0.5, 0.6) is 0 Å². The Morgan fingerprint density at radius 1 is 1.36 bits per heavy atom. The lowest BCUT2D eigenvalue weighted by Gasteiger charge is -2.33. The third-order valence-corrected chi connectivity index (χ3v) is 2.54. The predicted octanol–water partition coefficient (Wildman–Crippen LogP) is -0.356. The zero-order valence-corrected chi connectivity index (χ0v) is 9.33. The van der Waals surface area contributed by atoms with Crippen molar-refractivity contribution < 1.29 is 4.74 Å². The summed E-state index contributed by atoms with van der Waals surface area (Å²) in [5, 5.41) is 3.42. The lowest BCUT2D eigenvalue weighted by molar-refractivity contribution is 0.114. The number of ether oxygens (including phenoxy) is 1. The largest absolute Gasteiger partial charge is 0.379 e. The summed E-state index contributed by atoms with van der Waals surface area (Å²) in [5.41, 5.74) is 5.68. The highest BCUT2D eigenvalue weighted by molar-refractivity contribution is 4.87. The Kier molecular flexibility index (Phi) is 5.40. The van der Waals surface area contributed by atoms with E-state index in [0.717, 1.165) is 39.1 Å². The molecule has 14 heavy (non-hydrogen) atoms. The van der Waals surface area contributed by atoms with E-state index in [0.29, 0.717) is 12.1 Å². The Morgan fingerprint density at radius 3 is 2.64 bits per heavy atom. The van der Waals surface area contributed by atoms with Gasteiger partial charge in [0.15, 0.2) is 0 Å². The number of nitrogens with one attached hydrogen (secondary N) is 1. The minimum Gasteiger partial charge on any atom is -0.379 e. The van der Waals surface area contributed by atoms with E-state index in [2.05, 4.69) is 24.3 Å². The molecule has 0 atom stereocenters. The highest BCUT2D eigenvalue weighted by atomic mass is 16.5. The lowest BCUT2D eigenvalue weighted by atomic mass is 9.88. The fourth-order valence-corrected chi connectivity index (χ4v) is 1.51. The van der Waals surface area contributed by atoms with Crippen LogP contribution in [0.3, 0.4) is 0 Å². The fraction of sp³-hybridized carbons (Fsp3) is 1.00. The van der Waals surface area contributed by atoms with Gasteiger partial charge in [-0.3, -0.25) is 0 Å². The van der Waals surface area contributed by atoms with Crippen LogP contribution in [0.25, 0.3) is 0 Å². The van der Waals surface area contributed by atoms with Crippen molar-refractivity contribution in [3.63, 3.8) is 0 Å². The molecule has 0 radical (unpaired) electrons. The molecular weight excluding hydrogens is 178 g/mol. The molecule has 0 aromatic carbocycles. The van der Waals surface area contributed by atoms with Crippen molar-refractivity contribution in [2.45, 2.75) is 24.9 Å². The van der Waals surface area contributed by atoms with Crippen molar-refractivity contribution >= 4 is 0 Å². The second-order valence-electron chi connectivity index (χ2n) is 4.30. The average Bonchev–Trinajstić information content (AvgIpc) is 2.07. The normalized spacial score (nSPS) is 26.6. The minimum atomic E-state index is 0.433. The van der Waals surface area contributed by atoms with Crippen molar-refractivity contribution in [1.29, 1.82) is 0 Å². The number of rotatable bonds is 7. The molecule has 1 rings (SSSR count). The second kappa shape index (κ2) is 6.35. The first-order valence-corrected chi connectivity index (χ1v) is 5.40. The van der Waals surface area contributed by atoms with Crippen LogP contribution in [0.15, 0.2) is 0 Å². The van der Waals surface area contributed by atoms with Gasteiger partial charge in [-0.15, -0.1) is 0 Å². The highest BCUT2D eigenvalue weighted by Crippen LogP contribution is 2.16.